The topological polar surface area (TPSA) is 18.5 Å². The minimum absolute atomic E-state index is 0.0171. The lowest BCUT2D eigenvalue weighted by molar-refractivity contribution is 0.0137. The van der Waals surface area contributed by atoms with Crippen LogP contribution >= 0.6 is 0 Å². The minimum atomic E-state index is -0.0333. The molecule has 0 aliphatic rings. The third-order valence-corrected chi connectivity index (χ3v) is 7.86. The summed E-state index contributed by atoms with van der Waals surface area (Å²) in [4.78, 5) is 0. The van der Waals surface area contributed by atoms with Gasteiger partial charge in [-0.25, -0.2) is 0 Å². The van der Waals surface area contributed by atoms with Crippen LogP contribution in [0.2, 0.25) is 0 Å². The van der Waals surface area contributed by atoms with E-state index in [9.17, 15) is 0 Å². The highest BCUT2D eigenvalue weighted by Crippen LogP contribution is 2.20. The Morgan fingerprint density at radius 2 is 0.841 bits per heavy atom. The van der Waals surface area contributed by atoms with Gasteiger partial charge in [0.1, 0.15) is 0 Å². The molecule has 0 saturated carbocycles. The van der Waals surface area contributed by atoms with Crippen LogP contribution < -0.4 is 0 Å². The summed E-state index contributed by atoms with van der Waals surface area (Å²) >= 11 is 0. The zero-order valence-corrected chi connectivity index (χ0v) is 30.6. The van der Waals surface area contributed by atoms with Crippen molar-refractivity contribution in [1.29, 1.82) is 0 Å². The lowest BCUT2D eigenvalue weighted by Crippen LogP contribution is -2.21. The molecule has 44 heavy (non-hydrogen) atoms. The molecule has 2 heteroatoms. The van der Waals surface area contributed by atoms with Crippen LogP contribution in [0.25, 0.3) is 0 Å². The van der Waals surface area contributed by atoms with Crippen molar-refractivity contribution in [2.45, 2.75) is 132 Å². The first-order chi connectivity index (χ1) is 20.7. The van der Waals surface area contributed by atoms with Crippen LogP contribution in [0.4, 0.5) is 0 Å². The van der Waals surface area contributed by atoms with Gasteiger partial charge in [-0.2, -0.15) is 0 Å². The van der Waals surface area contributed by atoms with Gasteiger partial charge in [-0.1, -0.05) is 119 Å². The van der Waals surface area contributed by atoms with Crippen molar-refractivity contribution < 1.29 is 9.47 Å². The van der Waals surface area contributed by atoms with Crippen molar-refractivity contribution >= 4 is 0 Å². The molecule has 0 heterocycles. The van der Waals surface area contributed by atoms with E-state index in [2.05, 4.69) is 154 Å². The highest BCUT2D eigenvalue weighted by molar-refractivity contribution is 5.31. The van der Waals surface area contributed by atoms with Crippen LogP contribution in [-0.2, 0) is 9.47 Å². The second-order valence-electron chi connectivity index (χ2n) is 13.4. The first-order valence-electron chi connectivity index (χ1n) is 16.5. The predicted octanol–water partition coefficient (Wildman–Crippen LogP) is 12.9. The molecule has 0 radical (unpaired) electrons. The van der Waals surface area contributed by atoms with Gasteiger partial charge in [0, 0.05) is 14.2 Å². The molecule has 0 unspecified atom stereocenters. The number of hydrogen-bond acceptors (Lipinski definition) is 2. The van der Waals surface area contributed by atoms with Crippen molar-refractivity contribution in [2.24, 2.45) is 0 Å². The smallest absolute Gasteiger partial charge is 0.0622 e. The van der Waals surface area contributed by atoms with E-state index in [-0.39, 0.29) is 11.2 Å². The van der Waals surface area contributed by atoms with Crippen molar-refractivity contribution in [1.82, 2.24) is 0 Å². The van der Waals surface area contributed by atoms with Gasteiger partial charge in [-0.3, -0.25) is 0 Å². The van der Waals surface area contributed by atoms with Gasteiger partial charge in [0.2, 0.25) is 0 Å². The van der Waals surface area contributed by atoms with Gasteiger partial charge in [0.05, 0.1) is 11.2 Å². The summed E-state index contributed by atoms with van der Waals surface area (Å²) < 4.78 is 11.0. The average Bonchev–Trinajstić information content (AvgIpc) is 2.95. The van der Waals surface area contributed by atoms with E-state index in [1.54, 1.807) is 14.2 Å². The molecule has 0 aromatic carbocycles. The molecule has 0 spiro atoms. The van der Waals surface area contributed by atoms with E-state index < -0.39 is 0 Å². The third-order valence-electron chi connectivity index (χ3n) is 7.86. The van der Waals surface area contributed by atoms with Gasteiger partial charge in [-0.05, 0) is 121 Å². The number of hydrogen-bond donors (Lipinski definition) is 0. The fourth-order valence-electron chi connectivity index (χ4n) is 4.27. The molecule has 0 atom stereocenters. The van der Waals surface area contributed by atoms with E-state index in [1.807, 2.05) is 0 Å². The first-order valence-corrected chi connectivity index (χ1v) is 16.5. The molecule has 0 aromatic heterocycles. The summed E-state index contributed by atoms with van der Waals surface area (Å²) in [6, 6.07) is 0. The monoisotopic (exact) mass is 603 g/mol. The zero-order chi connectivity index (χ0) is 33.4. The molecule has 0 aliphatic carbocycles. The summed E-state index contributed by atoms with van der Waals surface area (Å²) in [6.45, 7) is 21.7. The van der Waals surface area contributed by atoms with Gasteiger partial charge in [0.15, 0.2) is 0 Å². The van der Waals surface area contributed by atoms with E-state index in [4.69, 9.17) is 9.47 Å². The maximum Gasteiger partial charge on any atom is 0.0622 e. The van der Waals surface area contributed by atoms with Crippen LogP contribution in [-0.4, -0.2) is 25.4 Å². The molecule has 0 rings (SSSR count). The molecule has 0 bridgehead atoms. The van der Waals surface area contributed by atoms with E-state index >= 15 is 0 Å². The third kappa shape index (κ3) is 24.7. The number of rotatable bonds is 21. The molecule has 0 aromatic rings. The Morgan fingerprint density at radius 1 is 0.477 bits per heavy atom. The molecular weight excluding hydrogens is 536 g/mol. The predicted molar refractivity (Wildman–Crippen MR) is 198 cm³/mol. The molecule has 2 nitrogen and oxygen atoms in total. The highest BCUT2D eigenvalue weighted by Gasteiger charge is 2.15. The van der Waals surface area contributed by atoms with Gasteiger partial charge >= 0.3 is 0 Å². The largest absolute Gasteiger partial charge is 0.379 e. The first kappa shape index (κ1) is 41.3. The summed E-state index contributed by atoms with van der Waals surface area (Å²) in [5, 5.41) is 0. The number of allylic oxidation sites excluding steroid dienone is 20. The Bertz CT molecular complexity index is 1120. The Labute approximate surface area is 273 Å². The van der Waals surface area contributed by atoms with Crippen molar-refractivity contribution in [2.75, 3.05) is 14.2 Å². The Morgan fingerprint density at radius 3 is 1.27 bits per heavy atom. The van der Waals surface area contributed by atoms with Crippen molar-refractivity contribution in [3.05, 3.63) is 119 Å². The second kappa shape index (κ2) is 23.7. The molecule has 246 valence electrons. The van der Waals surface area contributed by atoms with Gasteiger partial charge < -0.3 is 9.47 Å². The minimum Gasteiger partial charge on any atom is -0.379 e. The average molecular weight is 603 g/mol. The van der Waals surface area contributed by atoms with Crippen LogP contribution in [0.3, 0.4) is 0 Å². The fourth-order valence-corrected chi connectivity index (χ4v) is 4.27. The molecule has 0 N–H and O–H groups in total. The van der Waals surface area contributed by atoms with E-state index in [1.165, 1.54) is 39.9 Å². The Balaban J connectivity index is 4.59. The standard InChI is InChI=1S/C42H66O2/c1-35(23-15-25-37(3)27-17-29-39(5)31-19-33-41(7,8)43-11)21-13-14-22-36(2)24-16-26-38(4)28-18-30-40(6)32-20-34-42(9,10)44-12/h13-17,21-27,29-30H,18-20,28,31-34H2,1-12H3/b14-13+,23-15+,24-16+,27-17+,35-21+,36-22+,37-25+,38-26+,39-29+,40-30+. The van der Waals surface area contributed by atoms with E-state index in [0.29, 0.717) is 0 Å². The normalized spacial score (nSPS) is 15.7. The lowest BCUT2D eigenvalue weighted by Gasteiger charge is -2.22. The maximum atomic E-state index is 5.52. The number of methoxy groups -OCH3 is 2. The lowest BCUT2D eigenvalue weighted by atomic mass is 9.98. The summed E-state index contributed by atoms with van der Waals surface area (Å²) in [5.74, 6) is 0. The highest BCUT2D eigenvalue weighted by atomic mass is 16.5. The van der Waals surface area contributed by atoms with Crippen LogP contribution in [0, 0.1) is 0 Å². The SMILES string of the molecule is COC(C)(C)CCC/C(C)=C/C=C/C(C)=C/C=C/C(C)=C/C=C/C=C(C)/C=C/C=C(\C)CC/C=C(\C)CCCC(C)(C)OC. The molecule has 0 saturated heterocycles. The Hall–Kier alpha value is -2.68. The summed E-state index contributed by atoms with van der Waals surface area (Å²) in [7, 11) is 3.59. The van der Waals surface area contributed by atoms with E-state index in [0.717, 1.165) is 44.9 Å². The van der Waals surface area contributed by atoms with Crippen LogP contribution in [0.1, 0.15) is 121 Å². The molecular formula is C42H66O2. The summed E-state index contributed by atoms with van der Waals surface area (Å²) in [6.07, 6.45) is 39.3. The van der Waals surface area contributed by atoms with Gasteiger partial charge in [0.25, 0.3) is 0 Å². The molecule has 0 fully saturated rings. The second-order valence-corrected chi connectivity index (χ2v) is 13.4. The quantitative estimate of drug-likeness (QED) is 0.0961. The summed E-state index contributed by atoms with van der Waals surface area (Å²) in [5.41, 5.74) is 7.92. The zero-order valence-electron chi connectivity index (χ0n) is 30.6. The Kier molecular flexibility index (Phi) is 22.2. The van der Waals surface area contributed by atoms with Crippen molar-refractivity contribution in [3.63, 3.8) is 0 Å². The molecule has 0 aliphatic heterocycles. The van der Waals surface area contributed by atoms with Crippen molar-refractivity contribution in [3.8, 4) is 0 Å². The molecule has 0 amide bonds. The van der Waals surface area contributed by atoms with Gasteiger partial charge in [-0.15, -0.1) is 0 Å². The fraction of sp³-hybridized carbons (Fsp3) is 0.524. The van der Waals surface area contributed by atoms with Crippen LogP contribution in [0.5, 0.6) is 0 Å². The maximum absolute atomic E-state index is 5.52. The number of ether oxygens (including phenoxy) is 2. The van der Waals surface area contributed by atoms with Crippen LogP contribution in [0.15, 0.2) is 119 Å².